The number of ether oxygens (including phenoxy) is 4. The molecule has 1 aliphatic carbocycles. The number of esters is 1. The number of carbonyl (C=O) groups excluding carboxylic acids is 1. The van der Waals surface area contributed by atoms with Crippen LogP contribution in [0.2, 0.25) is 0 Å². The van der Waals surface area contributed by atoms with Gasteiger partial charge in [0.15, 0.2) is 6.29 Å². The van der Waals surface area contributed by atoms with Crippen LogP contribution in [0.25, 0.3) is 0 Å². The molecule has 4 atom stereocenters. The Morgan fingerprint density at radius 2 is 1.83 bits per heavy atom. The fraction of sp³-hybridized carbons (Fsp3) is 0.611. The van der Waals surface area contributed by atoms with Crippen molar-refractivity contribution in [2.75, 3.05) is 6.61 Å². The van der Waals surface area contributed by atoms with Crippen LogP contribution in [0.3, 0.4) is 0 Å². The van der Waals surface area contributed by atoms with E-state index < -0.39 is 0 Å². The van der Waals surface area contributed by atoms with Gasteiger partial charge in [-0.3, -0.25) is 0 Å². The summed E-state index contributed by atoms with van der Waals surface area (Å²) in [5.41, 5.74) is 0.550. The second kappa shape index (κ2) is 6.59. The molecule has 0 unspecified atom stereocenters. The lowest BCUT2D eigenvalue weighted by Crippen LogP contribution is -2.31. The molecule has 0 radical (unpaired) electrons. The second-order valence-electron chi connectivity index (χ2n) is 6.47. The van der Waals surface area contributed by atoms with Gasteiger partial charge < -0.3 is 18.9 Å². The van der Waals surface area contributed by atoms with Crippen molar-refractivity contribution in [2.45, 2.75) is 62.8 Å². The van der Waals surface area contributed by atoms with E-state index in [1.165, 1.54) is 19.3 Å². The minimum atomic E-state index is -0.331. The average Bonchev–Trinajstić information content (AvgIpc) is 3.33. The SMILES string of the molecule is O=C(OC[C@H]1O[C@H](OC2CCCCC2)[C@@H]2O[C@@H]21)c1ccccc1. The molecule has 1 saturated carbocycles. The Morgan fingerprint density at radius 3 is 2.61 bits per heavy atom. The smallest absolute Gasteiger partial charge is 0.338 e. The molecule has 23 heavy (non-hydrogen) atoms. The molecular formula is C18H22O5. The average molecular weight is 318 g/mol. The van der Waals surface area contributed by atoms with Crippen LogP contribution in [0, 0.1) is 0 Å². The van der Waals surface area contributed by atoms with Gasteiger partial charge in [0.2, 0.25) is 0 Å². The van der Waals surface area contributed by atoms with Crippen LogP contribution in [-0.2, 0) is 18.9 Å². The molecule has 1 aromatic rings. The first-order chi connectivity index (χ1) is 11.3. The number of hydrogen-bond donors (Lipinski definition) is 0. The number of fused-ring (bicyclic) bond motifs is 1. The zero-order chi connectivity index (χ0) is 15.6. The van der Waals surface area contributed by atoms with Crippen molar-refractivity contribution in [2.24, 2.45) is 0 Å². The number of rotatable bonds is 5. The molecule has 2 heterocycles. The van der Waals surface area contributed by atoms with Crippen molar-refractivity contribution in [1.82, 2.24) is 0 Å². The highest BCUT2D eigenvalue weighted by atomic mass is 16.8. The van der Waals surface area contributed by atoms with Gasteiger partial charge in [0, 0.05) is 0 Å². The van der Waals surface area contributed by atoms with Crippen molar-refractivity contribution >= 4 is 5.97 Å². The summed E-state index contributed by atoms with van der Waals surface area (Å²) in [4.78, 5) is 12.0. The van der Waals surface area contributed by atoms with Crippen LogP contribution in [-0.4, -0.2) is 43.3 Å². The van der Waals surface area contributed by atoms with Gasteiger partial charge in [0.05, 0.1) is 11.7 Å². The molecule has 5 heteroatoms. The Labute approximate surface area is 135 Å². The van der Waals surface area contributed by atoms with Gasteiger partial charge in [-0.2, -0.15) is 0 Å². The minimum Gasteiger partial charge on any atom is -0.459 e. The Bertz CT molecular complexity index is 540. The van der Waals surface area contributed by atoms with Gasteiger partial charge in [0.25, 0.3) is 0 Å². The monoisotopic (exact) mass is 318 g/mol. The number of hydrogen-bond acceptors (Lipinski definition) is 5. The third-order valence-corrected chi connectivity index (χ3v) is 4.77. The lowest BCUT2D eigenvalue weighted by molar-refractivity contribution is -0.205. The summed E-state index contributed by atoms with van der Waals surface area (Å²) in [5.74, 6) is -0.331. The number of benzene rings is 1. The Kier molecular flexibility index (Phi) is 4.33. The maximum Gasteiger partial charge on any atom is 0.338 e. The summed E-state index contributed by atoms with van der Waals surface area (Å²) < 4.78 is 22.9. The van der Waals surface area contributed by atoms with Crippen molar-refractivity contribution in [3.63, 3.8) is 0 Å². The minimum absolute atomic E-state index is 0.00663. The Balaban J connectivity index is 1.26. The van der Waals surface area contributed by atoms with Gasteiger partial charge in [-0.1, -0.05) is 37.5 Å². The standard InChI is InChI=1S/C18H22O5/c19-17(12-7-3-1-4-8-12)20-11-14-15-16(23-15)18(22-14)21-13-9-5-2-6-10-13/h1,3-4,7-8,13-16,18H,2,5-6,9-11H2/t14-,15-,16-,18+/m1/s1. The first-order valence-corrected chi connectivity index (χ1v) is 8.50. The van der Waals surface area contributed by atoms with Crippen molar-refractivity contribution < 1.29 is 23.7 Å². The van der Waals surface area contributed by atoms with Gasteiger partial charge in [-0.05, 0) is 25.0 Å². The summed E-state index contributed by atoms with van der Waals surface area (Å²) in [6, 6.07) is 8.98. The van der Waals surface area contributed by atoms with Crippen molar-refractivity contribution in [1.29, 1.82) is 0 Å². The normalized spacial score (nSPS) is 33.2. The first kappa shape index (κ1) is 15.1. The molecular weight excluding hydrogens is 296 g/mol. The molecule has 2 aliphatic heterocycles. The highest BCUT2D eigenvalue weighted by molar-refractivity contribution is 5.89. The van der Waals surface area contributed by atoms with Crippen LogP contribution >= 0.6 is 0 Å². The first-order valence-electron chi connectivity index (χ1n) is 8.50. The maximum absolute atomic E-state index is 12.0. The number of epoxide rings is 1. The van der Waals surface area contributed by atoms with E-state index in [4.69, 9.17) is 18.9 Å². The molecule has 0 bridgehead atoms. The van der Waals surface area contributed by atoms with E-state index in [1.54, 1.807) is 12.1 Å². The van der Waals surface area contributed by atoms with E-state index in [0.29, 0.717) is 5.56 Å². The molecule has 0 N–H and O–H groups in total. The van der Waals surface area contributed by atoms with Gasteiger partial charge in [-0.15, -0.1) is 0 Å². The third kappa shape index (κ3) is 3.42. The van der Waals surface area contributed by atoms with E-state index in [-0.39, 0.29) is 43.3 Å². The van der Waals surface area contributed by atoms with Crippen LogP contribution < -0.4 is 0 Å². The molecule has 1 aromatic carbocycles. The lowest BCUT2D eigenvalue weighted by Gasteiger charge is -2.26. The molecule has 0 amide bonds. The van der Waals surface area contributed by atoms with Gasteiger partial charge >= 0.3 is 5.97 Å². The van der Waals surface area contributed by atoms with Crippen LogP contribution in [0.4, 0.5) is 0 Å². The summed E-state index contributed by atoms with van der Waals surface area (Å²) in [5, 5.41) is 0. The molecule has 0 spiro atoms. The zero-order valence-electron chi connectivity index (χ0n) is 13.1. The van der Waals surface area contributed by atoms with E-state index in [9.17, 15) is 4.79 Å². The van der Waals surface area contributed by atoms with Gasteiger partial charge in [0.1, 0.15) is 24.9 Å². The predicted molar refractivity (Wildman–Crippen MR) is 82.0 cm³/mol. The van der Waals surface area contributed by atoms with Crippen LogP contribution in [0.15, 0.2) is 30.3 Å². The molecule has 0 aromatic heterocycles. The van der Waals surface area contributed by atoms with E-state index in [0.717, 1.165) is 12.8 Å². The summed E-state index contributed by atoms with van der Waals surface area (Å²) in [6.45, 7) is 0.208. The molecule has 124 valence electrons. The summed E-state index contributed by atoms with van der Waals surface area (Å²) in [7, 11) is 0. The number of carbonyl (C=O) groups is 1. The Hall–Kier alpha value is -1.43. The maximum atomic E-state index is 12.0. The second-order valence-corrected chi connectivity index (χ2v) is 6.47. The predicted octanol–water partition coefficient (Wildman–Crippen LogP) is 2.69. The molecule has 5 nitrogen and oxygen atoms in total. The van der Waals surface area contributed by atoms with E-state index in [1.807, 2.05) is 18.2 Å². The molecule has 4 rings (SSSR count). The summed E-state index contributed by atoms with van der Waals surface area (Å²) in [6.07, 6.45) is 5.73. The van der Waals surface area contributed by atoms with Crippen LogP contribution in [0.5, 0.6) is 0 Å². The zero-order valence-corrected chi connectivity index (χ0v) is 13.1. The molecule has 2 saturated heterocycles. The topological polar surface area (TPSA) is 57.3 Å². The van der Waals surface area contributed by atoms with E-state index in [2.05, 4.69) is 0 Å². The van der Waals surface area contributed by atoms with Crippen LogP contribution in [0.1, 0.15) is 42.5 Å². The lowest BCUT2D eigenvalue weighted by atomic mass is 9.98. The van der Waals surface area contributed by atoms with Gasteiger partial charge in [-0.25, -0.2) is 4.79 Å². The Morgan fingerprint density at radius 1 is 1.04 bits per heavy atom. The quantitative estimate of drug-likeness (QED) is 0.617. The van der Waals surface area contributed by atoms with Crippen molar-refractivity contribution in [3.05, 3.63) is 35.9 Å². The fourth-order valence-electron chi connectivity index (χ4n) is 3.43. The largest absolute Gasteiger partial charge is 0.459 e. The highest BCUT2D eigenvalue weighted by Gasteiger charge is 2.59. The van der Waals surface area contributed by atoms with E-state index >= 15 is 0 Å². The molecule has 3 fully saturated rings. The fourth-order valence-corrected chi connectivity index (χ4v) is 3.43. The highest BCUT2D eigenvalue weighted by Crippen LogP contribution is 2.41. The summed E-state index contributed by atoms with van der Waals surface area (Å²) >= 11 is 0. The molecule has 3 aliphatic rings. The third-order valence-electron chi connectivity index (χ3n) is 4.77. The van der Waals surface area contributed by atoms with Crippen molar-refractivity contribution in [3.8, 4) is 0 Å².